The molecule has 0 N–H and O–H groups in total. The first-order valence-electron chi connectivity index (χ1n) is 6.80. The average Bonchev–Trinajstić information content (AvgIpc) is 2.45. The molecule has 0 radical (unpaired) electrons. The van der Waals surface area contributed by atoms with Crippen LogP contribution in [-0.4, -0.2) is 14.2 Å². The molecule has 112 valence electrons. The van der Waals surface area contributed by atoms with E-state index in [4.69, 9.17) is 9.47 Å². The number of halogens is 3. The van der Waals surface area contributed by atoms with Crippen molar-refractivity contribution in [1.29, 1.82) is 0 Å². The normalized spacial score (nSPS) is 17.1. The van der Waals surface area contributed by atoms with Gasteiger partial charge in [-0.1, -0.05) is 19.3 Å². The molecule has 2 nitrogen and oxygen atoms in total. The molecule has 0 atom stereocenters. The minimum absolute atomic E-state index is 0.0822. The number of methoxy groups -OCH3 is 2. The van der Waals surface area contributed by atoms with E-state index in [9.17, 15) is 13.2 Å². The van der Waals surface area contributed by atoms with Gasteiger partial charge < -0.3 is 9.47 Å². The molecule has 0 saturated heterocycles. The zero-order valence-corrected chi connectivity index (χ0v) is 11.7. The van der Waals surface area contributed by atoms with Crippen LogP contribution in [0.25, 0.3) is 0 Å². The van der Waals surface area contributed by atoms with Gasteiger partial charge in [-0.2, -0.15) is 13.2 Å². The molecule has 0 aliphatic heterocycles. The Labute approximate surface area is 116 Å². The quantitative estimate of drug-likeness (QED) is 0.797. The lowest BCUT2D eigenvalue weighted by Gasteiger charge is -2.27. The molecule has 0 spiro atoms. The van der Waals surface area contributed by atoms with Gasteiger partial charge in [0.25, 0.3) is 0 Å². The van der Waals surface area contributed by atoms with Crippen molar-refractivity contribution in [2.24, 2.45) is 0 Å². The first-order valence-corrected chi connectivity index (χ1v) is 6.80. The van der Waals surface area contributed by atoms with Gasteiger partial charge in [-0.3, -0.25) is 0 Å². The van der Waals surface area contributed by atoms with Crippen LogP contribution in [0.5, 0.6) is 11.5 Å². The van der Waals surface area contributed by atoms with Crippen LogP contribution in [-0.2, 0) is 6.18 Å². The van der Waals surface area contributed by atoms with Crippen LogP contribution in [0.1, 0.15) is 49.1 Å². The van der Waals surface area contributed by atoms with E-state index in [-0.39, 0.29) is 17.4 Å². The summed E-state index contributed by atoms with van der Waals surface area (Å²) in [5.74, 6) is 0.374. The summed E-state index contributed by atoms with van der Waals surface area (Å²) in [4.78, 5) is 0. The molecule has 1 aromatic rings. The molecule has 0 heterocycles. The van der Waals surface area contributed by atoms with Crippen LogP contribution in [0.15, 0.2) is 12.1 Å². The zero-order valence-electron chi connectivity index (χ0n) is 11.7. The highest BCUT2D eigenvalue weighted by Crippen LogP contribution is 2.46. The van der Waals surface area contributed by atoms with Crippen LogP contribution in [0.2, 0.25) is 0 Å². The highest BCUT2D eigenvalue weighted by atomic mass is 19.4. The smallest absolute Gasteiger partial charge is 0.416 e. The molecule has 0 bridgehead atoms. The first-order chi connectivity index (χ1) is 9.47. The number of hydrogen-bond donors (Lipinski definition) is 0. The lowest BCUT2D eigenvalue weighted by molar-refractivity contribution is -0.138. The fraction of sp³-hybridized carbons (Fsp3) is 0.600. The summed E-state index contributed by atoms with van der Waals surface area (Å²) >= 11 is 0. The van der Waals surface area contributed by atoms with Gasteiger partial charge in [0.2, 0.25) is 0 Å². The maximum Gasteiger partial charge on any atom is 0.416 e. The van der Waals surface area contributed by atoms with Crippen molar-refractivity contribution in [3.63, 3.8) is 0 Å². The van der Waals surface area contributed by atoms with Crippen LogP contribution >= 0.6 is 0 Å². The highest BCUT2D eigenvalue weighted by Gasteiger charge is 2.38. The van der Waals surface area contributed by atoms with E-state index in [1.54, 1.807) is 6.07 Å². The Morgan fingerprint density at radius 3 is 2.15 bits per heavy atom. The van der Waals surface area contributed by atoms with Gasteiger partial charge in [0, 0.05) is 11.6 Å². The van der Waals surface area contributed by atoms with Crippen molar-refractivity contribution < 1.29 is 22.6 Å². The van der Waals surface area contributed by atoms with Gasteiger partial charge >= 0.3 is 6.18 Å². The Morgan fingerprint density at radius 2 is 1.65 bits per heavy atom. The van der Waals surface area contributed by atoms with Gasteiger partial charge in [0.1, 0.15) is 11.5 Å². The van der Waals surface area contributed by atoms with Gasteiger partial charge in [-0.25, -0.2) is 0 Å². The number of rotatable bonds is 3. The van der Waals surface area contributed by atoms with E-state index < -0.39 is 11.7 Å². The van der Waals surface area contributed by atoms with E-state index in [1.807, 2.05) is 0 Å². The minimum atomic E-state index is -4.39. The fourth-order valence-electron chi connectivity index (χ4n) is 2.93. The molecule has 1 aliphatic carbocycles. The average molecular weight is 288 g/mol. The summed E-state index contributed by atoms with van der Waals surface area (Å²) < 4.78 is 50.1. The minimum Gasteiger partial charge on any atom is -0.497 e. The second-order valence-corrected chi connectivity index (χ2v) is 5.12. The van der Waals surface area contributed by atoms with E-state index in [0.29, 0.717) is 5.56 Å². The number of hydrogen-bond acceptors (Lipinski definition) is 2. The lowest BCUT2D eigenvalue weighted by Crippen LogP contribution is -2.15. The molecular formula is C15H19F3O2. The van der Waals surface area contributed by atoms with Gasteiger partial charge in [-0.05, 0) is 24.8 Å². The van der Waals surface area contributed by atoms with E-state index >= 15 is 0 Å². The maximum atomic E-state index is 13.3. The Balaban J connectivity index is 2.55. The molecule has 5 heteroatoms. The molecule has 1 fully saturated rings. The van der Waals surface area contributed by atoms with Crippen molar-refractivity contribution >= 4 is 0 Å². The summed E-state index contributed by atoms with van der Waals surface area (Å²) in [6, 6.07) is 2.62. The molecule has 1 saturated carbocycles. The van der Waals surface area contributed by atoms with Crippen molar-refractivity contribution in [3.05, 3.63) is 23.3 Å². The monoisotopic (exact) mass is 288 g/mol. The second kappa shape index (κ2) is 5.94. The predicted octanol–water partition coefficient (Wildman–Crippen LogP) is 4.77. The largest absolute Gasteiger partial charge is 0.497 e. The second-order valence-electron chi connectivity index (χ2n) is 5.12. The van der Waals surface area contributed by atoms with Crippen molar-refractivity contribution in [2.75, 3.05) is 14.2 Å². The van der Waals surface area contributed by atoms with Gasteiger partial charge in [0.05, 0.1) is 19.8 Å². The molecule has 1 aromatic carbocycles. The predicted molar refractivity (Wildman–Crippen MR) is 70.4 cm³/mol. The maximum absolute atomic E-state index is 13.3. The van der Waals surface area contributed by atoms with E-state index in [1.165, 1.54) is 14.2 Å². The molecule has 1 aliphatic rings. The topological polar surface area (TPSA) is 18.5 Å². The molecule has 2 rings (SSSR count). The Hall–Kier alpha value is -1.39. The molecule has 0 unspecified atom stereocenters. The summed E-state index contributed by atoms with van der Waals surface area (Å²) in [6.45, 7) is 0. The third-order valence-corrected chi connectivity index (χ3v) is 3.89. The van der Waals surface area contributed by atoms with Crippen LogP contribution in [0.4, 0.5) is 13.2 Å². The number of benzene rings is 1. The van der Waals surface area contributed by atoms with Crippen LogP contribution in [0.3, 0.4) is 0 Å². The Kier molecular flexibility index (Phi) is 4.45. The standard InChI is InChI=1S/C15H19F3O2/c1-19-11-8-12(15(16,17)18)14(13(9-11)20-2)10-6-4-3-5-7-10/h8-10H,3-7H2,1-2H3. The Morgan fingerprint density at radius 1 is 1.00 bits per heavy atom. The summed E-state index contributed by atoms with van der Waals surface area (Å²) in [6.07, 6.45) is 0.205. The Bertz CT molecular complexity index is 463. The molecule has 0 amide bonds. The van der Waals surface area contributed by atoms with E-state index in [0.717, 1.165) is 38.2 Å². The highest BCUT2D eigenvalue weighted by molar-refractivity contribution is 5.50. The SMILES string of the molecule is COc1cc(OC)c(C2CCCCC2)c(C(F)(F)F)c1. The number of alkyl halides is 3. The van der Waals surface area contributed by atoms with Gasteiger partial charge in [0.15, 0.2) is 0 Å². The molecule has 20 heavy (non-hydrogen) atoms. The lowest BCUT2D eigenvalue weighted by atomic mass is 9.81. The third-order valence-electron chi connectivity index (χ3n) is 3.89. The summed E-state index contributed by atoms with van der Waals surface area (Å²) in [5.41, 5.74) is -0.332. The van der Waals surface area contributed by atoms with Crippen molar-refractivity contribution in [2.45, 2.75) is 44.2 Å². The van der Waals surface area contributed by atoms with E-state index in [2.05, 4.69) is 0 Å². The first kappa shape index (κ1) is 15.0. The summed E-state index contributed by atoms with van der Waals surface area (Å²) in [5, 5.41) is 0. The molecule has 0 aromatic heterocycles. The molecular weight excluding hydrogens is 269 g/mol. The fourth-order valence-corrected chi connectivity index (χ4v) is 2.93. The van der Waals surface area contributed by atoms with Crippen molar-refractivity contribution in [3.8, 4) is 11.5 Å². The van der Waals surface area contributed by atoms with Crippen LogP contribution < -0.4 is 9.47 Å². The number of ether oxygens (including phenoxy) is 2. The van der Waals surface area contributed by atoms with Crippen LogP contribution in [0, 0.1) is 0 Å². The summed E-state index contributed by atoms with van der Waals surface area (Å²) in [7, 11) is 2.76. The van der Waals surface area contributed by atoms with Gasteiger partial charge in [-0.15, -0.1) is 0 Å². The van der Waals surface area contributed by atoms with Crippen molar-refractivity contribution in [1.82, 2.24) is 0 Å². The zero-order chi connectivity index (χ0) is 14.8. The third kappa shape index (κ3) is 3.02.